The summed E-state index contributed by atoms with van der Waals surface area (Å²) in [5.41, 5.74) is 0.750. The summed E-state index contributed by atoms with van der Waals surface area (Å²) in [6, 6.07) is 10.0. The largest absolute Gasteiger partial charge is 0.375 e. The number of carbonyl (C=O) groups excluding carboxylic acids is 1. The zero-order chi connectivity index (χ0) is 19.8. The molecule has 0 bridgehead atoms. The van der Waals surface area contributed by atoms with Gasteiger partial charge in [0, 0.05) is 31.8 Å². The number of hydrogen-bond acceptors (Lipinski definition) is 4. The van der Waals surface area contributed by atoms with Crippen LogP contribution < -0.4 is 0 Å². The van der Waals surface area contributed by atoms with Crippen LogP contribution in [-0.4, -0.2) is 67.2 Å². The third kappa shape index (κ3) is 4.42. The minimum Gasteiger partial charge on any atom is -0.375 e. The Hall–Kier alpha value is -1.44. The monoisotopic (exact) mass is 406 g/mol. The topological polar surface area (TPSA) is 66.9 Å². The quantitative estimate of drug-likeness (QED) is 0.752. The molecule has 1 unspecified atom stereocenters. The molecule has 2 saturated heterocycles. The molecule has 2 heterocycles. The molecule has 1 aromatic carbocycles. The van der Waals surface area contributed by atoms with Gasteiger partial charge in [-0.15, -0.1) is 0 Å². The number of likely N-dealkylation sites (tertiary alicyclic amines) is 1. The highest BCUT2D eigenvalue weighted by Crippen LogP contribution is 2.41. The summed E-state index contributed by atoms with van der Waals surface area (Å²) in [5.74, 6) is 0.157. The van der Waals surface area contributed by atoms with Crippen molar-refractivity contribution in [3.05, 3.63) is 35.9 Å². The highest BCUT2D eigenvalue weighted by Gasteiger charge is 2.47. The first kappa shape index (κ1) is 19.9. The molecular formula is C21H30N2O4S. The predicted octanol–water partition coefficient (Wildman–Crippen LogP) is 2.19. The highest BCUT2D eigenvalue weighted by molar-refractivity contribution is 7.88. The Kier molecular flexibility index (Phi) is 5.51. The maximum atomic E-state index is 12.6. The van der Waals surface area contributed by atoms with Crippen LogP contribution in [0.5, 0.6) is 0 Å². The number of nitrogens with zero attached hydrogens (tertiary/aromatic N) is 2. The summed E-state index contributed by atoms with van der Waals surface area (Å²) >= 11 is 0. The van der Waals surface area contributed by atoms with E-state index in [1.165, 1.54) is 6.26 Å². The summed E-state index contributed by atoms with van der Waals surface area (Å²) in [4.78, 5) is 14.6. The SMILES string of the molecule is CS(=O)(=O)N(C1CC1)C1CCOC2(CCN(C(=O)Cc3ccccc3)CC2)C1. The lowest BCUT2D eigenvalue weighted by atomic mass is 9.82. The fourth-order valence-electron chi connectivity index (χ4n) is 4.78. The van der Waals surface area contributed by atoms with E-state index >= 15 is 0 Å². The Bertz CT molecular complexity index is 799. The molecule has 1 atom stereocenters. The molecule has 6 nitrogen and oxygen atoms in total. The normalized spacial score (nSPS) is 25.2. The zero-order valence-electron chi connectivity index (χ0n) is 16.5. The fourth-order valence-corrected chi connectivity index (χ4v) is 6.26. The van der Waals surface area contributed by atoms with Gasteiger partial charge in [0.2, 0.25) is 15.9 Å². The number of benzene rings is 1. The lowest BCUT2D eigenvalue weighted by Gasteiger charge is -2.48. The van der Waals surface area contributed by atoms with Crippen molar-refractivity contribution in [2.75, 3.05) is 26.0 Å². The fraction of sp³-hybridized carbons (Fsp3) is 0.667. The van der Waals surface area contributed by atoms with E-state index in [1.54, 1.807) is 4.31 Å². The molecular weight excluding hydrogens is 376 g/mol. The molecule has 0 N–H and O–H groups in total. The molecule has 3 aliphatic rings. The Balaban J connectivity index is 1.37. The first-order valence-corrected chi connectivity index (χ1v) is 12.2. The number of sulfonamides is 1. The standard InChI is InChI=1S/C21H30N2O4S/c1-28(25,26)23(18-7-8-18)19-9-14-27-21(16-19)10-12-22(13-11-21)20(24)15-17-5-3-2-4-6-17/h2-6,18-19H,7-16H2,1H3. The molecule has 1 aromatic rings. The maximum Gasteiger partial charge on any atom is 0.226 e. The molecule has 1 saturated carbocycles. The van der Waals surface area contributed by atoms with E-state index in [0.29, 0.717) is 26.1 Å². The summed E-state index contributed by atoms with van der Waals surface area (Å²) in [6.07, 6.45) is 6.79. The average molecular weight is 407 g/mol. The number of piperidine rings is 1. The zero-order valence-corrected chi connectivity index (χ0v) is 17.4. The van der Waals surface area contributed by atoms with Gasteiger partial charge in [-0.3, -0.25) is 4.79 Å². The molecule has 1 spiro atoms. The van der Waals surface area contributed by atoms with Crippen molar-refractivity contribution in [2.24, 2.45) is 0 Å². The highest BCUT2D eigenvalue weighted by atomic mass is 32.2. The Morgan fingerprint density at radius 2 is 1.82 bits per heavy atom. The van der Waals surface area contributed by atoms with E-state index in [0.717, 1.165) is 44.1 Å². The summed E-state index contributed by atoms with van der Waals surface area (Å²) < 4.78 is 32.6. The van der Waals surface area contributed by atoms with Gasteiger partial charge in [0.05, 0.1) is 18.3 Å². The Morgan fingerprint density at radius 1 is 1.14 bits per heavy atom. The van der Waals surface area contributed by atoms with E-state index in [-0.39, 0.29) is 23.6 Å². The molecule has 28 heavy (non-hydrogen) atoms. The minimum absolute atomic E-state index is 0.0304. The van der Waals surface area contributed by atoms with E-state index in [4.69, 9.17) is 4.74 Å². The lowest BCUT2D eigenvalue weighted by Crippen LogP contribution is -2.55. The van der Waals surface area contributed by atoms with Gasteiger partial charge < -0.3 is 9.64 Å². The third-order valence-corrected chi connectivity index (χ3v) is 7.70. The average Bonchev–Trinajstić information content (AvgIpc) is 3.47. The van der Waals surface area contributed by atoms with Crippen LogP contribution in [0, 0.1) is 0 Å². The Morgan fingerprint density at radius 3 is 2.43 bits per heavy atom. The van der Waals surface area contributed by atoms with Crippen LogP contribution in [0.2, 0.25) is 0 Å². The smallest absolute Gasteiger partial charge is 0.226 e. The summed E-state index contributed by atoms with van der Waals surface area (Å²) in [5, 5.41) is 0. The molecule has 1 amide bonds. The van der Waals surface area contributed by atoms with Crippen LogP contribution >= 0.6 is 0 Å². The van der Waals surface area contributed by atoms with Crippen molar-refractivity contribution < 1.29 is 17.9 Å². The number of hydrogen-bond donors (Lipinski definition) is 0. The first-order valence-electron chi connectivity index (χ1n) is 10.3. The molecule has 0 radical (unpaired) electrons. The van der Waals surface area contributed by atoms with Gasteiger partial charge in [0.25, 0.3) is 0 Å². The third-order valence-electron chi connectivity index (χ3n) is 6.34. The molecule has 154 valence electrons. The second-order valence-electron chi connectivity index (χ2n) is 8.55. The molecule has 4 rings (SSSR count). The first-order chi connectivity index (χ1) is 13.4. The van der Waals surface area contributed by atoms with Crippen molar-refractivity contribution in [3.8, 4) is 0 Å². The van der Waals surface area contributed by atoms with Gasteiger partial charge >= 0.3 is 0 Å². The van der Waals surface area contributed by atoms with Crippen molar-refractivity contribution in [1.82, 2.24) is 9.21 Å². The summed E-state index contributed by atoms with van der Waals surface area (Å²) in [7, 11) is -3.20. The lowest BCUT2D eigenvalue weighted by molar-refractivity contribution is -0.146. The Labute approximate surface area is 167 Å². The van der Waals surface area contributed by atoms with Gasteiger partial charge in [-0.25, -0.2) is 8.42 Å². The molecule has 3 fully saturated rings. The second kappa shape index (κ2) is 7.76. The van der Waals surface area contributed by atoms with Crippen LogP contribution in [-0.2, 0) is 26.0 Å². The summed E-state index contributed by atoms with van der Waals surface area (Å²) in [6.45, 7) is 1.96. The molecule has 0 aromatic heterocycles. The minimum atomic E-state index is -3.20. The molecule has 7 heteroatoms. The molecule has 2 aliphatic heterocycles. The van der Waals surface area contributed by atoms with Crippen LogP contribution in [0.15, 0.2) is 30.3 Å². The number of rotatable bonds is 5. The van der Waals surface area contributed by atoms with Crippen LogP contribution in [0.3, 0.4) is 0 Å². The van der Waals surface area contributed by atoms with Crippen molar-refractivity contribution >= 4 is 15.9 Å². The van der Waals surface area contributed by atoms with Gasteiger partial charge in [0.15, 0.2) is 0 Å². The number of ether oxygens (including phenoxy) is 1. The van der Waals surface area contributed by atoms with E-state index in [9.17, 15) is 13.2 Å². The van der Waals surface area contributed by atoms with Gasteiger partial charge in [-0.2, -0.15) is 4.31 Å². The van der Waals surface area contributed by atoms with Crippen LogP contribution in [0.1, 0.15) is 44.1 Å². The van der Waals surface area contributed by atoms with Crippen molar-refractivity contribution in [3.63, 3.8) is 0 Å². The number of carbonyl (C=O) groups is 1. The van der Waals surface area contributed by atoms with E-state index < -0.39 is 10.0 Å². The van der Waals surface area contributed by atoms with Gasteiger partial charge in [0.1, 0.15) is 0 Å². The van der Waals surface area contributed by atoms with Crippen molar-refractivity contribution in [2.45, 2.75) is 62.6 Å². The van der Waals surface area contributed by atoms with Gasteiger partial charge in [-0.05, 0) is 44.1 Å². The second-order valence-corrected chi connectivity index (χ2v) is 10.4. The van der Waals surface area contributed by atoms with Crippen molar-refractivity contribution in [1.29, 1.82) is 0 Å². The van der Waals surface area contributed by atoms with Crippen LogP contribution in [0.4, 0.5) is 0 Å². The van der Waals surface area contributed by atoms with E-state index in [1.807, 2.05) is 35.2 Å². The van der Waals surface area contributed by atoms with Gasteiger partial charge in [-0.1, -0.05) is 30.3 Å². The van der Waals surface area contributed by atoms with E-state index in [2.05, 4.69) is 0 Å². The van der Waals surface area contributed by atoms with Crippen LogP contribution in [0.25, 0.3) is 0 Å². The predicted molar refractivity (Wildman–Crippen MR) is 107 cm³/mol. The maximum absolute atomic E-state index is 12.6. The number of amides is 1. The molecule has 1 aliphatic carbocycles.